The predicted molar refractivity (Wildman–Crippen MR) is 90.7 cm³/mol. The molecule has 0 saturated carbocycles. The number of nitrogens with one attached hydrogen (secondary N) is 1. The van der Waals surface area contributed by atoms with E-state index in [1.54, 1.807) is 6.20 Å². The van der Waals surface area contributed by atoms with Gasteiger partial charge in [0.1, 0.15) is 0 Å². The monoisotopic (exact) mass is 292 g/mol. The molecule has 1 heterocycles. The molecule has 0 amide bonds. The van der Waals surface area contributed by atoms with Crippen LogP contribution in [0.4, 0.5) is 11.4 Å². The number of imidazole rings is 1. The zero-order chi connectivity index (χ0) is 15.4. The Labute approximate surface area is 130 Å². The quantitative estimate of drug-likeness (QED) is 0.705. The number of hydrogen-bond acceptors (Lipinski definition) is 3. The first-order valence-corrected chi connectivity index (χ1v) is 7.39. The molecule has 3 N–H and O–H groups in total. The molecule has 0 aliphatic rings. The van der Waals surface area contributed by atoms with E-state index in [9.17, 15) is 0 Å². The van der Waals surface area contributed by atoms with Crippen LogP contribution in [0.3, 0.4) is 0 Å². The number of hydrogen-bond donors (Lipinski definition) is 2. The van der Waals surface area contributed by atoms with E-state index < -0.39 is 0 Å². The van der Waals surface area contributed by atoms with Crippen molar-refractivity contribution in [2.45, 2.75) is 19.5 Å². The van der Waals surface area contributed by atoms with Gasteiger partial charge in [-0.2, -0.15) is 0 Å². The molecule has 0 radical (unpaired) electrons. The number of para-hydroxylation sites is 1. The number of rotatable bonds is 5. The van der Waals surface area contributed by atoms with Gasteiger partial charge in [-0.1, -0.05) is 42.5 Å². The first kappa shape index (κ1) is 14.2. The smallest absolute Gasteiger partial charge is 0.0951 e. The Balaban J connectivity index is 1.80. The molecule has 0 saturated heterocycles. The molecule has 1 unspecified atom stereocenters. The van der Waals surface area contributed by atoms with Gasteiger partial charge in [-0.15, -0.1) is 0 Å². The molecule has 112 valence electrons. The van der Waals surface area contributed by atoms with Gasteiger partial charge in [0, 0.05) is 18.9 Å². The summed E-state index contributed by atoms with van der Waals surface area (Å²) in [6, 6.07) is 16.6. The van der Waals surface area contributed by atoms with E-state index in [0.717, 1.165) is 23.5 Å². The zero-order valence-corrected chi connectivity index (χ0v) is 12.6. The van der Waals surface area contributed by atoms with Crippen molar-refractivity contribution in [3.63, 3.8) is 0 Å². The van der Waals surface area contributed by atoms with Gasteiger partial charge in [-0.05, 0) is 24.1 Å². The van der Waals surface area contributed by atoms with Crippen LogP contribution in [0, 0.1) is 0 Å². The largest absolute Gasteiger partial charge is 0.397 e. The van der Waals surface area contributed by atoms with Gasteiger partial charge in [0.15, 0.2) is 0 Å². The minimum atomic E-state index is 0.154. The van der Waals surface area contributed by atoms with Crippen molar-refractivity contribution in [2.75, 3.05) is 11.1 Å². The van der Waals surface area contributed by atoms with Crippen LogP contribution in [0.1, 0.15) is 24.1 Å². The summed E-state index contributed by atoms with van der Waals surface area (Å²) in [5.41, 5.74) is 10.4. The van der Waals surface area contributed by atoms with Gasteiger partial charge < -0.3 is 15.6 Å². The second kappa shape index (κ2) is 6.35. The predicted octanol–water partition coefficient (Wildman–Crippen LogP) is 3.69. The fourth-order valence-corrected chi connectivity index (χ4v) is 2.55. The third kappa shape index (κ3) is 2.96. The van der Waals surface area contributed by atoms with Gasteiger partial charge in [-0.25, -0.2) is 4.98 Å². The molecule has 4 heteroatoms. The second-order valence-corrected chi connectivity index (χ2v) is 5.33. The highest BCUT2D eigenvalue weighted by Gasteiger charge is 2.12. The van der Waals surface area contributed by atoms with Crippen LogP contribution in [0.15, 0.2) is 67.3 Å². The molecule has 0 bridgehead atoms. The van der Waals surface area contributed by atoms with Crippen molar-refractivity contribution in [3.05, 3.63) is 78.4 Å². The lowest BCUT2D eigenvalue weighted by Crippen LogP contribution is -2.10. The van der Waals surface area contributed by atoms with E-state index in [1.165, 1.54) is 5.56 Å². The van der Waals surface area contributed by atoms with E-state index in [2.05, 4.69) is 35.4 Å². The molecule has 3 aromatic rings. The van der Waals surface area contributed by atoms with Gasteiger partial charge in [-0.3, -0.25) is 0 Å². The van der Waals surface area contributed by atoms with Crippen molar-refractivity contribution in [2.24, 2.45) is 0 Å². The number of nitrogens with zero attached hydrogens (tertiary/aromatic N) is 2. The average molecular weight is 292 g/mol. The molecule has 1 atom stereocenters. The fourth-order valence-electron chi connectivity index (χ4n) is 2.55. The SMILES string of the molecule is CC(c1cccc(NCc2ccccc2)c1N)n1ccnc1. The Morgan fingerprint density at radius 2 is 1.95 bits per heavy atom. The summed E-state index contributed by atoms with van der Waals surface area (Å²) in [7, 11) is 0. The number of benzene rings is 2. The first-order chi connectivity index (χ1) is 10.8. The summed E-state index contributed by atoms with van der Waals surface area (Å²) in [4.78, 5) is 4.10. The van der Waals surface area contributed by atoms with Crippen LogP contribution in [-0.4, -0.2) is 9.55 Å². The number of anilines is 2. The van der Waals surface area contributed by atoms with Crippen LogP contribution < -0.4 is 11.1 Å². The lowest BCUT2D eigenvalue weighted by atomic mass is 10.0. The molecule has 0 spiro atoms. The van der Waals surface area contributed by atoms with Crippen LogP contribution in [0.25, 0.3) is 0 Å². The normalized spacial score (nSPS) is 12.0. The Bertz CT molecular complexity index is 720. The maximum absolute atomic E-state index is 6.36. The Hall–Kier alpha value is -2.75. The maximum Gasteiger partial charge on any atom is 0.0951 e. The van der Waals surface area contributed by atoms with Gasteiger partial charge in [0.05, 0.1) is 23.7 Å². The molecule has 22 heavy (non-hydrogen) atoms. The highest BCUT2D eigenvalue weighted by Crippen LogP contribution is 2.30. The van der Waals surface area contributed by atoms with Crippen molar-refractivity contribution in [1.82, 2.24) is 9.55 Å². The van der Waals surface area contributed by atoms with Crippen molar-refractivity contribution >= 4 is 11.4 Å². The Morgan fingerprint density at radius 1 is 1.14 bits per heavy atom. The van der Waals surface area contributed by atoms with Crippen LogP contribution in [0.5, 0.6) is 0 Å². The molecule has 0 fully saturated rings. The summed E-state index contributed by atoms with van der Waals surface area (Å²) >= 11 is 0. The lowest BCUT2D eigenvalue weighted by Gasteiger charge is -2.19. The van der Waals surface area contributed by atoms with E-state index in [1.807, 2.05) is 47.4 Å². The highest BCUT2D eigenvalue weighted by molar-refractivity contribution is 5.70. The first-order valence-electron chi connectivity index (χ1n) is 7.39. The van der Waals surface area contributed by atoms with Crippen molar-refractivity contribution in [3.8, 4) is 0 Å². The number of aromatic nitrogens is 2. The molecule has 0 aliphatic heterocycles. The lowest BCUT2D eigenvalue weighted by molar-refractivity contribution is 0.640. The summed E-state index contributed by atoms with van der Waals surface area (Å²) in [5, 5.41) is 3.42. The van der Waals surface area contributed by atoms with Crippen molar-refractivity contribution in [1.29, 1.82) is 0 Å². The molecule has 0 aliphatic carbocycles. The van der Waals surface area contributed by atoms with Crippen LogP contribution in [0.2, 0.25) is 0 Å². The minimum Gasteiger partial charge on any atom is -0.397 e. The maximum atomic E-state index is 6.36. The third-order valence-corrected chi connectivity index (χ3v) is 3.89. The molecular weight excluding hydrogens is 272 g/mol. The van der Waals surface area contributed by atoms with E-state index in [-0.39, 0.29) is 6.04 Å². The summed E-state index contributed by atoms with van der Waals surface area (Å²) in [6.07, 6.45) is 5.55. The zero-order valence-electron chi connectivity index (χ0n) is 12.6. The highest BCUT2D eigenvalue weighted by atomic mass is 15.0. The summed E-state index contributed by atoms with van der Waals surface area (Å²) in [5.74, 6) is 0. The second-order valence-electron chi connectivity index (χ2n) is 5.33. The van der Waals surface area contributed by atoms with Gasteiger partial charge in [0.25, 0.3) is 0 Å². The Morgan fingerprint density at radius 3 is 2.68 bits per heavy atom. The molecule has 1 aromatic heterocycles. The van der Waals surface area contributed by atoms with Gasteiger partial charge in [0.2, 0.25) is 0 Å². The van der Waals surface area contributed by atoms with E-state index >= 15 is 0 Å². The van der Waals surface area contributed by atoms with Crippen LogP contribution >= 0.6 is 0 Å². The topological polar surface area (TPSA) is 55.9 Å². The fraction of sp³-hybridized carbons (Fsp3) is 0.167. The number of nitrogens with two attached hydrogens (primary N) is 1. The summed E-state index contributed by atoms with van der Waals surface area (Å²) in [6.45, 7) is 2.88. The van der Waals surface area contributed by atoms with Crippen molar-refractivity contribution < 1.29 is 0 Å². The van der Waals surface area contributed by atoms with Gasteiger partial charge >= 0.3 is 0 Å². The molecule has 3 rings (SSSR count). The average Bonchev–Trinajstić information content (AvgIpc) is 3.09. The third-order valence-electron chi connectivity index (χ3n) is 3.89. The molecule has 2 aromatic carbocycles. The summed E-state index contributed by atoms with van der Waals surface area (Å²) < 4.78 is 2.05. The van der Waals surface area contributed by atoms with E-state index in [0.29, 0.717) is 0 Å². The van der Waals surface area contributed by atoms with Crippen LogP contribution in [-0.2, 0) is 6.54 Å². The Kier molecular flexibility index (Phi) is 4.10. The molecular formula is C18H20N4. The standard InChI is InChI=1S/C18H20N4/c1-14(22-11-10-20-13-22)16-8-5-9-17(18(16)19)21-12-15-6-3-2-4-7-15/h2-11,13-14,21H,12,19H2,1H3. The molecule has 4 nitrogen and oxygen atoms in total. The number of nitrogen functional groups attached to an aromatic ring is 1. The minimum absolute atomic E-state index is 0.154. The van der Waals surface area contributed by atoms with E-state index in [4.69, 9.17) is 5.73 Å².